The Morgan fingerprint density at radius 3 is 2.50 bits per heavy atom. The van der Waals surface area contributed by atoms with Crippen LogP contribution in [-0.2, 0) is 0 Å². The van der Waals surface area contributed by atoms with Crippen LogP contribution in [0.25, 0.3) is 11.4 Å². The van der Waals surface area contributed by atoms with Crippen LogP contribution < -0.4 is 5.32 Å². The molecular weight excluding hydrogens is 176 g/mol. The molecule has 0 aliphatic heterocycles. The Morgan fingerprint density at radius 1 is 1.14 bits per heavy atom. The second-order valence-corrected chi connectivity index (χ2v) is 2.79. The third-order valence-corrected chi connectivity index (χ3v) is 1.86. The summed E-state index contributed by atoms with van der Waals surface area (Å²) in [6.07, 6.45) is 6.96. The quantitative estimate of drug-likeness (QED) is 0.773. The van der Waals surface area contributed by atoms with Crippen molar-refractivity contribution in [3.8, 4) is 11.4 Å². The number of aromatic nitrogens is 3. The van der Waals surface area contributed by atoms with E-state index in [-0.39, 0.29) is 0 Å². The van der Waals surface area contributed by atoms with Gasteiger partial charge in [-0.15, -0.1) is 0 Å². The summed E-state index contributed by atoms with van der Waals surface area (Å²) in [6.45, 7) is 0. The molecule has 70 valence electrons. The predicted octanol–water partition coefficient (Wildman–Crippen LogP) is 1.58. The van der Waals surface area contributed by atoms with Crippen LogP contribution >= 0.6 is 0 Å². The molecular formula is C10H10N4. The summed E-state index contributed by atoms with van der Waals surface area (Å²) < 4.78 is 0. The molecule has 0 aliphatic carbocycles. The van der Waals surface area contributed by atoms with E-state index in [4.69, 9.17) is 0 Å². The fourth-order valence-electron chi connectivity index (χ4n) is 1.10. The van der Waals surface area contributed by atoms with Crippen molar-refractivity contribution in [2.75, 3.05) is 12.4 Å². The topological polar surface area (TPSA) is 50.7 Å². The minimum Gasteiger partial charge on any atom is -0.386 e. The highest BCUT2D eigenvalue weighted by atomic mass is 14.9. The van der Waals surface area contributed by atoms with Crippen molar-refractivity contribution in [2.45, 2.75) is 0 Å². The Balaban J connectivity index is 2.34. The molecule has 0 radical (unpaired) electrons. The highest BCUT2D eigenvalue weighted by Gasteiger charge is 1.99. The summed E-state index contributed by atoms with van der Waals surface area (Å²) in [6, 6.07) is 3.80. The van der Waals surface area contributed by atoms with E-state index in [1.165, 1.54) is 0 Å². The normalized spacial score (nSPS) is 9.79. The SMILES string of the molecule is CNc1cnc(-c2cccnc2)nc1. The van der Waals surface area contributed by atoms with Gasteiger partial charge in [-0.3, -0.25) is 4.98 Å². The van der Waals surface area contributed by atoms with Gasteiger partial charge in [-0.2, -0.15) is 0 Å². The zero-order chi connectivity index (χ0) is 9.80. The second-order valence-electron chi connectivity index (χ2n) is 2.79. The molecule has 14 heavy (non-hydrogen) atoms. The van der Waals surface area contributed by atoms with Gasteiger partial charge < -0.3 is 5.32 Å². The smallest absolute Gasteiger partial charge is 0.160 e. The van der Waals surface area contributed by atoms with E-state index in [0.717, 1.165) is 11.3 Å². The molecule has 2 heterocycles. The molecule has 4 nitrogen and oxygen atoms in total. The standard InChI is InChI=1S/C10H10N4/c1-11-9-6-13-10(14-7-9)8-3-2-4-12-5-8/h2-7,11H,1H3. The van der Waals surface area contributed by atoms with Gasteiger partial charge in [0, 0.05) is 25.0 Å². The second kappa shape index (κ2) is 3.83. The molecule has 0 saturated heterocycles. The van der Waals surface area contributed by atoms with Crippen molar-refractivity contribution in [3.05, 3.63) is 36.9 Å². The van der Waals surface area contributed by atoms with E-state index >= 15 is 0 Å². The summed E-state index contributed by atoms with van der Waals surface area (Å²) in [4.78, 5) is 12.4. The monoisotopic (exact) mass is 186 g/mol. The van der Waals surface area contributed by atoms with Crippen LogP contribution in [0.1, 0.15) is 0 Å². The maximum absolute atomic E-state index is 4.21. The van der Waals surface area contributed by atoms with E-state index in [0.29, 0.717) is 5.82 Å². The first-order valence-electron chi connectivity index (χ1n) is 4.30. The highest BCUT2D eigenvalue weighted by Crippen LogP contribution is 2.12. The third kappa shape index (κ3) is 1.69. The molecule has 0 amide bonds. The first-order valence-corrected chi connectivity index (χ1v) is 4.30. The lowest BCUT2D eigenvalue weighted by Gasteiger charge is -2.00. The number of nitrogens with one attached hydrogen (secondary N) is 1. The Kier molecular flexibility index (Phi) is 2.36. The first-order chi connectivity index (χ1) is 6.90. The van der Waals surface area contributed by atoms with Gasteiger partial charge in [-0.25, -0.2) is 9.97 Å². The molecule has 0 aliphatic rings. The van der Waals surface area contributed by atoms with Gasteiger partial charge in [0.05, 0.1) is 18.1 Å². The van der Waals surface area contributed by atoms with Crippen molar-refractivity contribution in [2.24, 2.45) is 0 Å². The van der Waals surface area contributed by atoms with Crippen molar-refractivity contribution in [1.29, 1.82) is 0 Å². The molecule has 0 atom stereocenters. The Labute approximate surface area is 82.1 Å². The third-order valence-electron chi connectivity index (χ3n) is 1.86. The van der Waals surface area contributed by atoms with Crippen molar-refractivity contribution >= 4 is 5.69 Å². The minimum absolute atomic E-state index is 0.692. The fraction of sp³-hybridized carbons (Fsp3) is 0.100. The van der Waals surface area contributed by atoms with Gasteiger partial charge in [-0.1, -0.05) is 0 Å². The lowest BCUT2D eigenvalue weighted by Crippen LogP contribution is -1.93. The van der Waals surface area contributed by atoms with Crippen LogP contribution in [0, 0.1) is 0 Å². The zero-order valence-electron chi connectivity index (χ0n) is 7.81. The molecule has 2 aromatic heterocycles. The number of rotatable bonds is 2. The largest absolute Gasteiger partial charge is 0.386 e. The maximum atomic E-state index is 4.21. The molecule has 1 N–H and O–H groups in total. The van der Waals surface area contributed by atoms with Gasteiger partial charge in [-0.05, 0) is 12.1 Å². The zero-order valence-corrected chi connectivity index (χ0v) is 7.81. The van der Waals surface area contributed by atoms with Gasteiger partial charge in [0.25, 0.3) is 0 Å². The summed E-state index contributed by atoms with van der Waals surface area (Å²) in [7, 11) is 1.84. The van der Waals surface area contributed by atoms with Crippen LogP contribution in [-0.4, -0.2) is 22.0 Å². The van der Waals surface area contributed by atoms with Crippen LogP contribution in [0.4, 0.5) is 5.69 Å². The van der Waals surface area contributed by atoms with Gasteiger partial charge in [0.1, 0.15) is 0 Å². The Bertz CT molecular complexity index is 396. The molecule has 2 rings (SSSR count). The van der Waals surface area contributed by atoms with Crippen LogP contribution in [0.15, 0.2) is 36.9 Å². The van der Waals surface area contributed by atoms with Gasteiger partial charge in [0.15, 0.2) is 5.82 Å². The molecule has 0 spiro atoms. The number of nitrogens with zero attached hydrogens (tertiary/aromatic N) is 3. The molecule has 0 fully saturated rings. The molecule has 4 heteroatoms. The van der Waals surface area contributed by atoms with E-state index in [1.807, 2.05) is 19.2 Å². The van der Waals surface area contributed by atoms with Crippen LogP contribution in [0.2, 0.25) is 0 Å². The molecule has 0 unspecified atom stereocenters. The van der Waals surface area contributed by atoms with E-state index in [9.17, 15) is 0 Å². The van der Waals surface area contributed by atoms with E-state index in [2.05, 4.69) is 20.3 Å². The Morgan fingerprint density at radius 2 is 1.93 bits per heavy atom. The van der Waals surface area contributed by atoms with Crippen LogP contribution in [0.3, 0.4) is 0 Å². The number of hydrogen-bond acceptors (Lipinski definition) is 4. The lowest BCUT2D eigenvalue weighted by atomic mass is 10.3. The van der Waals surface area contributed by atoms with E-state index in [1.54, 1.807) is 24.8 Å². The minimum atomic E-state index is 0.692. The Hall–Kier alpha value is -1.97. The molecule has 0 aromatic carbocycles. The van der Waals surface area contributed by atoms with Crippen molar-refractivity contribution < 1.29 is 0 Å². The van der Waals surface area contributed by atoms with E-state index < -0.39 is 0 Å². The summed E-state index contributed by atoms with van der Waals surface area (Å²) in [5, 5.41) is 2.97. The number of anilines is 1. The van der Waals surface area contributed by atoms with Crippen LogP contribution in [0.5, 0.6) is 0 Å². The number of pyridine rings is 1. The van der Waals surface area contributed by atoms with Crippen molar-refractivity contribution in [1.82, 2.24) is 15.0 Å². The fourth-order valence-corrected chi connectivity index (χ4v) is 1.10. The van der Waals surface area contributed by atoms with Gasteiger partial charge >= 0.3 is 0 Å². The van der Waals surface area contributed by atoms with Crippen molar-refractivity contribution in [3.63, 3.8) is 0 Å². The number of hydrogen-bond donors (Lipinski definition) is 1. The molecule has 2 aromatic rings. The summed E-state index contributed by atoms with van der Waals surface area (Å²) >= 11 is 0. The average Bonchev–Trinajstić information content (AvgIpc) is 2.30. The average molecular weight is 186 g/mol. The maximum Gasteiger partial charge on any atom is 0.160 e. The van der Waals surface area contributed by atoms with Gasteiger partial charge in [0.2, 0.25) is 0 Å². The first kappa shape index (κ1) is 8.62. The highest BCUT2D eigenvalue weighted by molar-refractivity contribution is 5.54. The molecule has 0 bridgehead atoms. The summed E-state index contributed by atoms with van der Waals surface area (Å²) in [5.74, 6) is 0.692. The lowest BCUT2D eigenvalue weighted by molar-refractivity contribution is 1.16. The predicted molar refractivity (Wildman–Crippen MR) is 54.8 cm³/mol. The molecule has 0 saturated carbocycles. The summed E-state index contributed by atoms with van der Waals surface area (Å²) in [5.41, 5.74) is 1.83.